The van der Waals surface area contributed by atoms with Crippen LogP contribution in [0.25, 0.3) is 0 Å². The highest BCUT2D eigenvalue weighted by Crippen LogP contribution is 2.31. The number of aryl methyl sites for hydroxylation is 1. The van der Waals surface area contributed by atoms with Crippen molar-refractivity contribution in [2.45, 2.75) is 13.8 Å². The zero-order valence-electron chi connectivity index (χ0n) is 18.9. The lowest BCUT2D eigenvalue weighted by Gasteiger charge is -2.15. The minimum atomic E-state index is -0.697. The van der Waals surface area contributed by atoms with E-state index in [-0.39, 0.29) is 33.7 Å². The number of nitrogens with zero attached hydrogens (tertiary/aromatic N) is 2. The molecule has 2 aromatic carbocycles. The molecule has 0 saturated carbocycles. The molecule has 0 aliphatic carbocycles. The van der Waals surface area contributed by atoms with E-state index < -0.39 is 23.7 Å². The van der Waals surface area contributed by atoms with Crippen LogP contribution < -0.4 is 15.5 Å². The third kappa shape index (κ3) is 5.11. The highest BCUT2D eigenvalue weighted by atomic mass is 35.5. The topological polar surface area (TPSA) is 118 Å². The van der Waals surface area contributed by atoms with Gasteiger partial charge in [-0.2, -0.15) is 0 Å². The summed E-state index contributed by atoms with van der Waals surface area (Å²) in [5, 5.41) is 5.78. The summed E-state index contributed by atoms with van der Waals surface area (Å²) in [4.78, 5) is 55.9. The van der Waals surface area contributed by atoms with E-state index >= 15 is 0 Å². The zero-order valence-corrected chi connectivity index (χ0v) is 21.3. The number of benzene rings is 2. The molecule has 1 aliphatic rings. The third-order valence-corrected chi connectivity index (χ3v) is 6.60. The standard InChI is InChI=1S/C24H18Cl2N4O5S/c1-3-35-23(34)19-12(2)27-24(36-19)29-20(31)13-6-4-8-15(10-13)28-18-17(26)21(32)30(22(18)33)16-9-5-7-14(25)11-16/h4-11,28H,3H2,1-2H3,(H,27,29,31). The Balaban J connectivity index is 1.51. The summed E-state index contributed by atoms with van der Waals surface area (Å²) in [5.41, 5.74) is 1.19. The maximum atomic E-state index is 13.0. The Labute approximate surface area is 219 Å². The second-order valence-corrected chi connectivity index (χ2v) is 9.24. The van der Waals surface area contributed by atoms with Crippen LogP contribution in [0, 0.1) is 6.92 Å². The first kappa shape index (κ1) is 25.4. The number of hydrogen-bond donors (Lipinski definition) is 2. The van der Waals surface area contributed by atoms with Crippen LogP contribution in [0.3, 0.4) is 0 Å². The minimum Gasteiger partial charge on any atom is -0.462 e. The Hall–Kier alpha value is -3.73. The van der Waals surface area contributed by atoms with Crippen LogP contribution >= 0.6 is 34.5 Å². The molecule has 0 fully saturated rings. The lowest BCUT2D eigenvalue weighted by molar-refractivity contribution is -0.120. The summed E-state index contributed by atoms with van der Waals surface area (Å²) in [7, 11) is 0. The van der Waals surface area contributed by atoms with E-state index in [1.165, 1.54) is 12.1 Å². The summed E-state index contributed by atoms with van der Waals surface area (Å²) in [6.45, 7) is 3.57. The van der Waals surface area contributed by atoms with Gasteiger partial charge in [-0.25, -0.2) is 14.7 Å². The fourth-order valence-corrected chi connectivity index (χ4v) is 4.60. The number of esters is 1. The van der Waals surface area contributed by atoms with Crippen molar-refractivity contribution in [1.82, 2.24) is 4.98 Å². The number of ether oxygens (including phenoxy) is 1. The van der Waals surface area contributed by atoms with Gasteiger partial charge in [-0.1, -0.05) is 46.7 Å². The number of imide groups is 1. The normalized spacial score (nSPS) is 13.3. The predicted octanol–water partition coefficient (Wildman–Crippen LogP) is 4.97. The Morgan fingerprint density at radius 1 is 1.08 bits per heavy atom. The molecule has 0 saturated heterocycles. The van der Waals surface area contributed by atoms with Gasteiger partial charge < -0.3 is 10.1 Å². The van der Waals surface area contributed by atoms with Gasteiger partial charge in [0, 0.05) is 16.3 Å². The SMILES string of the molecule is CCOC(=O)c1sc(NC(=O)c2cccc(NC3=C(Cl)C(=O)N(c4cccc(Cl)c4)C3=O)c2)nc1C. The predicted molar refractivity (Wildman–Crippen MR) is 138 cm³/mol. The van der Waals surface area contributed by atoms with Gasteiger partial charge in [0.15, 0.2) is 5.13 Å². The van der Waals surface area contributed by atoms with Crippen molar-refractivity contribution in [2.75, 3.05) is 22.1 Å². The van der Waals surface area contributed by atoms with E-state index in [0.717, 1.165) is 16.2 Å². The largest absolute Gasteiger partial charge is 0.462 e. The van der Waals surface area contributed by atoms with E-state index in [1.807, 2.05) is 0 Å². The van der Waals surface area contributed by atoms with E-state index in [0.29, 0.717) is 21.3 Å². The molecule has 0 bridgehead atoms. The first-order valence-electron chi connectivity index (χ1n) is 10.6. The molecule has 0 unspecified atom stereocenters. The fraction of sp³-hybridized carbons (Fsp3) is 0.125. The molecular formula is C24H18Cl2N4O5S. The zero-order chi connectivity index (χ0) is 26.0. The maximum absolute atomic E-state index is 13.0. The summed E-state index contributed by atoms with van der Waals surface area (Å²) in [5.74, 6) is -2.35. The van der Waals surface area contributed by atoms with Crippen LogP contribution in [0.2, 0.25) is 5.02 Å². The molecule has 0 spiro atoms. The lowest BCUT2D eigenvalue weighted by atomic mass is 10.2. The van der Waals surface area contributed by atoms with Gasteiger partial charge in [0.2, 0.25) is 0 Å². The smallest absolute Gasteiger partial charge is 0.350 e. The Kier molecular flexibility index (Phi) is 7.39. The number of aromatic nitrogens is 1. The van der Waals surface area contributed by atoms with Crippen molar-refractivity contribution in [1.29, 1.82) is 0 Å². The number of rotatable bonds is 7. The van der Waals surface area contributed by atoms with Crippen molar-refractivity contribution in [2.24, 2.45) is 0 Å². The molecule has 3 aromatic rings. The maximum Gasteiger partial charge on any atom is 0.350 e. The van der Waals surface area contributed by atoms with Crippen LogP contribution in [0.1, 0.15) is 32.6 Å². The summed E-state index contributed by atoms with van der Waals surface area (Å²) < 4.78 is 4.99. The minimum absolute atomic E-state index is 0.131. The average Bonchev–Trinajstić information content (AvgIpc) is 3.31. The van der Waals surface area contributed by atoms with Gasteiger partial charge in [-0.15, -0.1) is 0 Å². The third-order valence-electron chi connectivity index (χ3n) is 4.97. The lowest BCUT2D eigenvalue weighted by Crippen LogP contribution is -2.32. The van der Waals surface area contributed by atoms with Crippen LogP contribution in [-0.4, -0.2) is 35.3 Å². The number of halogens is 2. The first-order valence-corrected chi connectivity index (χ1v) is 12.1. The van der Waals surface area contributed by atoms with Crippen molar-refractivity contribution in [3.8, 4) is 0 Å². The van der Waals surface area contributed by atoms with Gasteiger partial charge in [-0.3, -0.25) is 19.7 Å². The Morgan fingerprint density at radius 3 is 2.56 bits per heavy atom. The Morgan fingerprint density at radius 2 is 1.83 bits per heavy atom. The number of hydrogen-bond acceptors (Lipinski definition) is 8. The van der Waals surface area contributed by atoms with Crippen molar-refractivity contribution >= 4 is 74.7 Å². The number of nitrogens with one attached hydrogen (secondary N) is 2. The molecule has 0 radical (unpaired) electrons. The molecule has 1 aliphatic heterocycles. The van der Waals surface area contributed by atoms with Crippen LogP contribution in [0.15, 0.2) is 59.3 Å². The highest BCUT2D eigenvalue weighted by molar-refractivity contribution is 7.17. The monoisotopic (exact) mass is 544 g/mol. The number of anilines is 3. The van der Waals surface area contributed by atoms with Gasteiger partial charge >= 0.3 is 5.97 Å². The molecular weight excluding hydrogens is 527 g/mol. The second-order valence-electron chi connectivity index (χ2n) is 7.43. The molecule has 4 rings (SSSR count). The van der Waals surface area contributed by atoms with E-state index in [2.05, 4.69) is 15.6 Å². The number of carbonyl (C=O) groups excluding carboxylic acids is 4. The molecule has 0 atom stereocenters. The molecule has 2 N–H and O–H groups in total. The summed E-state index contributed by atoms with van der Waals surface area (Å²) in [6, 6.07) is 12.5. The van der Waals surface area contributed by atoms with E-state index in [4.69, 9.17) is 27.9 Å². The average molecular weight is 545 g/mol. The summed E-state index contributed by atoms with van der Waals surface area (Å²) in [6.07, 6.45) is 0. The summed E-state index contributed by atoms with van der Waals surface area (Å²) >= 11 is 13.2. The highest BCUT2D eigenvalue weighted by Gasteiger charge is 2.39. The van der Waals surface area contributed by atoms with Crippen LogP contribution in [0.4, 0.5) is 16.5 Å². The molecule has 3 amide bonds. The number of carbonyl (C=O) groups is 4. The van der Waals surface area contributed by atoms with Crippen LogP contribution in [-0.2, 0) is 14.3 Å². The van der Waals surface area contributed by atoms with Crippen molar-refractivity contribution in [3.63, 3.8) is 0 Å². The quantitative estimate of drug-likeness (QED) is 0.318. The van der Waals surface area contributed by atoms with Crippen molar-refractivity contribution in [3.05, 3.63) is 80.4 Å². The van der Waals surface area contributed by atoms with Gasteiger partial charge in [0.05, 0.1) is 18.0 Å². The molecule has 36 heavy (non-hydrogen) atoms. The fourth-order valence-electron chi connectivity index (χ4n) is 3.35. The van der Waals surface area contributed by atoms with Gasteiger partial charge in [0.25, 0.3) is 17.7 Å². The second kappa shape index (κ2) is 10.5. The molecule has 9 nitrogen and oxygen atoms in total. The van der Waals surface area contributed by atoms with Crippen LogP contribution in [0.5, 0.6) is 0 Å². The Bertz CT molecular complexity index is 1440. The van der Waals surface area contributed by atoms with E-state index in [9.17, 15) is 19.2 Å². The number of amides is 3. The molecule has 2 heterocycles. The number of thiazole rings is 1. The van der Waals surface area contributed by atoms with E-state index in [1.54, 1.807) is 50.2 Å². The first-order chi connectivity index (χ1) is 17.2. The molecule has 1 aromatic heterocycles. The van der Waals surface area contributed by atoms with Gasteiger partial charge in [-0.05, 0) is 50.2 Å². The van der Waals surface area contributed by atoms with Crippen molar-refractivity contribution < 1.29 is 23.9 Å². The molecule has 184 valence electrons. The molecule has 12 heteroatoms. The van der Waals surface area contributed by atoms with Gasteiger partial charge in [0.1, 0.15) is 15.6 Å².